The minimum Gasteiger partial charge on any atom is -0.326 e. The van der Waals surface area contributed by atoms with Gasteiger partial charge in [0.2, 0.25) is 5.91 Å². The molecule has 138 valence electrons. The number of nitrogens with one attached hydrogen (secondary N) is 2. The Morgan fingerprint density at radius 1 is 0.929 bits per heavy atom. The smallest absolute Gasteiger partial charge is 0.251 e. The Kier molecular flexibility index (Phi) is 3.97. The van der Waals surface area contributed by atoms with E-state index >= 15 is 0 Å². The summed E-state index contributed by atoms with van der Waals surface area (Å²) in [6.45, 7) is 0. The number of rotatable bonds is 3. The molecule has 3 aromatic carbocycles. The van der Waals surface area contributed by atoms with Gasteiger partial charge in [0, 0.05) is 16.6 Å². The predicted molar refractivity (Wildman–Crippen MR) is 113 cm³/mol. The third-order valence-electron chi connectivity index (χ3n) is 5.60. The molecule has 0 aliphatic heterocycles. The quantitative estimate of drug-likeness (QED) is 0.565. The number of carbonyl (C=O) groups excluding carboxylic acids is 1. The lowest BCUT2D eigenvalue weighted by molar-refractivity contribution is -0.115. The summed E-state index contributed by atoms with van der Waals surface area (Å²) >= 11 is 0. The van der Waals surface area contributed by atoms with Gasteiger partial charge in [-0.2, -0.15) is 0 Å². The molecule has 0 radical (unpaired) electrons. The summed E-state index contributed by atoms with van der Waals surface area (Å²) < 4.78 is 0. The zero-order valence-corrected chi connectivity index (χ0v) is 15.4. The van der Waals surface area contributed by atoms with Crippen molar-refractivity contribution in [3.63, 3.8) is 0 Å². The Bertz CT molecular complexity index is 1280. The largest absolute Gasteiger partial charge is 0.326 e. The summed E-state index contributed by atoms with van der Waals surface area (Å²) in [6, 6.07) is 19.9. The molecule has 0 atom stereocenters. The highest BCUT2D eigenvalue weighted by Gasteiger charge is 2.18. The Morgan fingerprint density at radius 3 is 2.68 bits per heavy atom. The van der Waals surface area contributed by atoms with Crippen LogP contribution in [0.4, 0.5) is 5.69 Å². The number of anilines is 1. The van der Waals surface area contributed by atoms with Crippen LogP contribution in [-0.2, 0) is 24.1 Å². The van der Waals surface area contributed by atoms with Gasteiger partial charge in [-0.25, -0.2) is 0 Å². The first-order valence-corrected chi connectivity index (χ1v) is 9.63. The number of fused-ring (bicyclic) bond motifs is 4. The van der Waals surface area contributed by atoms with Crippen LogP contribution in [0.5, 0.6) is 0 Å². The zero-order valence-electron chi connectivity index (χ0n) is 15.4. The Hall–Kier alpha value is -3.40. The molecule has 0 unspecified atom stereocenters. The van der Waals surface area contributed by atoms with Crippen LogP contribution in [0.15, 0.2) is 65.5 Å². The molecule has 4 nitrogen and oxygen atoms in total. The molecular weight excluding hydrogens is 348 g/mol. The second-order valence-electron chi connectivity index (χ2n) is 7.39. The van der Waals surface area contributed by atoms with E-state index in [0.29, 0.717) is 12.1 Å². The Balaban J connectivity index is 1.43. The molecule has 5 rings (SSSR count). The zero-order chi connectivity index (χ0) is 19.1. The molecular formula is C24H20N2O2. The molecule has 0 fully saturated rings. The molecule has 2 N–H and O–H groups in total. The first-order chi connectivity index (χ1) is 13.7. The maximum absolute atomic E-state index is 12.6. The first kappa shape index (κ1) is 16.8. The molecule has 4 heteroatoms. The second-order valence-corrected chi connectivity index (χ2v) is 7.39. The molecule has 28 heavy (non-hydrogen) atoms. The van der Waals surface area contributed by atoms with Crippen LogP contribution in [-0.4, -0.2) is 10.9 Å². The highest BCUT2D eigenvalue weighted by Crippen LogP contribution is 2.28. The monoisotopic (exact) mass is 368 g/mol. The molecule has 0 saturated carbocycles. The summed E-state index contributed by atoms with van der Waals surface area (Å²) in [4.78, 5) is 27.9. The number of amides is 1. The molecule has 0 spiro atoms. The average Bonchev–Trinajstić information content (AvgIpc) is 3.19. The van der Waals surface area contributed by atoms with Crippen LogP contribution in [0.2, 0.25) is 0 Å². The molecule has 1 aliphatic carbocycles. The van der Waals surface area contributed by atoms with Crippen molar-refractivity contribution < 1.29 is 4.79 Å². The van der Waals surface area contributed by atoms with Crippen molar-refractivity contribution >= 4 is 33.3 Å². The lowest BCUT2D eigenvalue weighted by Gasteiger charge is -2.10. The SMILES string of the molecule is O=C(Cc1cccc2ccccc12)Nc1ccc2c3c(c(=O)[nH]c2c1)CCC3. The van der Waals surface area contributed by atoms with Gasteiger partial charge in [0.05, 0.1) is 11.9 Å². The molecule has 0 saturated heterocycles. The van der Waals surface area contributed by atoms with Gasteiger partial charge in [-0.15, -0.1) is 0 Å². The molecule has 0 bridgehead atoms. The number of carbonyl (C=O) groups is 1. The van der Waals surface area contributed by atoms with E-state index in [4.69, 9.17) is 0 Å². The topological polar surface area (TPSA) is 62.0 Å². The van der Waals surface area contributed by atoms with Gasteiger partial charge in [0.1, 0.15) is 0 Å². The number of H-pyrrole nitrogens is 1. The van der Waals surface area contributed by atoms with Crippen molar-refractivity contribution in [2.45, 2.75) is 25.7 Å². The van der Waals surface area contributed by atoms with E-state index in [-0.39, 0.29) is 11.5 Å². The average molecular weight is 368 g/mol. The number of hydrogen-bond donors (Lipinski definition) is 2. The van der Waals surface area contributed by atoms with Gasteiger partial charge in [0.25, 0.3) is 5.56 Å². The van der Waals surface area contributed by atoms with Gasteiger partial charge in [0.15, 0.2) is 0 Å². The maximum Gasteiger partial charge on any atom is 0.251 e. The van der Waals surface area contributed by atoms with E-state index in [1.165, 1.54) is 0 Å². The molecule has 1 aromatic heterocycles. The molecule has 1 aliphatic rings. The van der Waals surface area contributed by atoms with Crippen LogP contribution in [0.1, 0.15) is 23.1 Å². The number of hydrogen-bond acceptors (Lipinski definition) is 2. The van der Waals surface area contributed by atoms with Gasteiger partial charge >= 0.3 is 0 Å². The lowest BCUT2D eigenvalue weighted by atomic mass is 10.0. The van der Waals surface area contributed by atoms with Crippen molar-refractivity contribution in [3.05, 3.63) is 87.7 Å². The Morgan fingerprint density at radius 2 is 1.75 bits per heavy atom. The highest BCUT2D eigenvalue weighted by atomic mass is 16.1. The summed E-state index contributed by atoms with van der Waals surface area (Å²) in [5.74, 6) is -0.0702. The van der Waals surface area contributed by atoms with E-state index in [9.17, 15) is 9.59 Å². The number of aryl methyl sites for hydroxylation is 1. The Labute approximate surface area is 162 Å². The van der Waals surface area contributed by atoms with Crippen LogP contribution >= 0.6 is 0 Å². The fourth-order valence-electron chi connectivity index (χ4n) is 4.30. The van der Waals surface area contributed by atoms with Gasteiger partial charge in [-0.05, 0) is 53.3 Å². The fourth-order valence-corrected chi connectivity index (χ4v) is 4.30. The number of benzene rings is 3. The van der Waals surface area contributed by atoms with E-state index in [1.807, 2.05) is 48.5 Å². The minimum atomic E-state index is -0.0702. The summed E-state index contributed by atoms with van der Waals surface area (Å²) in [5, 5.41) is 6.28. The standard InChI is InChI=1S/C24H20N2O2/c27-23(13-16-7-3-6-15-5-1-2-8-18(15)16)25-17-11-12-20-19-9-4-10-21(19)24(28)26-22(20)14-17/h1-3,5-8,11-12,14H,4,9-10,13H2,(H,25,27)(H,26,28). The predicted octanol–water partition coefficient (Wildman–Crippen LogP) is 4.35. The van der Waals surface area contributed by atoms with Gasteiger partial charge in [-0.1, -0.05) is 48.5 Å². The first-order valence-electron chi connectivity index (χ1n) is 9.63. The van der Waals surface area contributed by atoms with Crippen LogP contribution in [0.3, 0.4) is 0 Å². The number of pyridine rings is 1. The third-order valence-corrected chi connectivity index (χ3v) is 5.60. The molecule has 1 amide bonds. The second kappa shape index (κ2) is 6.64. The maximum atomic E-state index is 12.6. The van der Waals surface area contributed by atoms with E-state index < -0.39 is 0 Å². The third kappa shape index (κ3) is 2.87. The van der Waals surface area contributed by atoms with Crippen LogP contribution in [0.25, 0.3) is 21.7 Å². The van der Waals surface area contributed by atoms with Crippen molar-refractivity contribution in [2.75, 3.05) is 5.32 Å². The lowest BCUT2D eigenvalue weighted by Crippen LogP contribution is -2.15. The van der Waals surface area contributed by atoms with Crippen molar-refractivity contribution in [3.8, 4) is 0 Å². The number of aromatic nitrogens is 1. The fraction of sp³-hybridized carbons (Fsp3) is 0.167. The van der Waals surface area contributed by atoms with Crippen LogP contribution in [0, 0.1) is 0 Å². The van der Waals surface area contributed by atoms with Crippen molar-refractivity contribution in [1.29, 1.82) is 0 Å². The number of aromatic amines is 1. The van der Waals surface area contributed by atoms with E-state index in [2.05, 4.69) is 22.4 Å². The minimum absolute atomic E-state index is 0.000711. The molecule has 1 heterocycles. The highest BCUT2D eigenvalue weighted by molar-refractivity contribution is 5.98. The van der Waals surface area contributed by atoms with E-state index in [1.54, 1.807) is 0 Å². The summed E-state index contributed by atoms with van der Waals surface area (Å²) in [5.41, 5.74) is 4.56. The molecule has 4 aromatic rings. The summed E-state index contributed by atoms with van der Waals surface area (Å²) in [7, 11) is 0. The normalized spacial score (nSPS) is 13.0. The van der Waals surface area contributed by atoms with Crippen molar-refractivity contribution in [2.24, 2.45) is 0 Å². The van der Waals surface area contributed by atoms with Crippen LogP contribution < -0.4 is 10.9 Å². The van der Waals surface area contributed by atoms with Crippen molar-refractivity contribution in [1.82, 2.24) is 4.98 Å². The van der Waals surface area contributed by atoms with E-state index in [0.717, 1.165) is 57.6 Å². The van der Waals surface area contributed by atoms with Gasteiger partial charge in [-0.3, -0.25) is 9.59 Å². The summed E-state index contributed by atoms with van der Waals surface area (Å²) in [6.07, 6.45) is 3.13. The van der Waals surface area contributed by atoms with Gasteiger partial charge < -0.3 is 10.3 Å².